The summed E-state index contributed by atoms with van der Waals surface area (Å²) >= 11 is 6.04. The first-order valence-corrected chi connectivity index (χ1v) is 5.52. The average Bonchev–Trinajstić information content (AvgIpc) is 2.56. The van der Waals surface area contributed by atoms with E-state index in [9.17, 15) is 0 Å². The summed E-state index contributed by atoms with van der Waals surface area (Å²) in [6.45, 7) is 7.14. The minimum Gasteiger partial charge on any atom is -0.380 e. The molecule has 0 saturated carbocycles. The van der Waals surface area contributed by atoms with Crippen LogP contribution in [0.5, 0.6) is 0 Å². The molecule has 0 saturated heterocycles. The number of nitrogens with zero attached hydrogens (tertiary/aromatic N) is 2. The Kier molecular flexibility index (Phi) is 4.57. The van der Waals surface area contributed by atoms with Gasteiger partial charge in [0.05, 0.1) is 29.6 Å². The minimum atomic E-state index is -0.220. The van der Waals surface area contributed by atoms with E-state index in [0.29, 0.717) is 18.2 Å². The molecule has 0 aliphatic carbocycles. The van der Waals surface area contributed by atoms with Crippen LogP contribution in [0.4, 0.5) is 0 Å². The highest BCUT2D eigenvalue weighted by Gasteiger charge is 2.18. The summed E-state index contributed by atoms with van der Waals surface area (Å²) < 4.78 is 7.12. The Bertz CT molecular complexity index is 312. The van der Waals surface area contributed by atoms with Gasteiger partial charge in [0.15, 0.2) is 0 Å². The largest absolute Gasteiger partial charge is 0.380 e. The SMILES string of the molecule is CCOCC(N)c1c(Cl)cnn1C(C)C. The van der Waals surface area contributed by atoms with Crippen molar-refractivity contribution in [2.75, 3.05) is 13.2 Å². The number of nitrogens with two attached hydrogens (primary N) is 1. The van der Waals surface area contributed by atoms with Gasteiger partial charge in [-0.05, 0) is 20.8 Å². The summed E-state index contributed by atoms with van der Waals surface area (Å²) in [5, 5.41) is 4.80. The molecule has 86 valence electrons. The molecule has 5 heteroatoms. The maximum atomic E-state index is 6.04. The molecule has 0 aliphatic heterocycles. The number of halogens is 1. The number of hydrogen-bond donors (Lipinski definition) is 1. The van der Waals surface area contributed by atoms with Crippen LogP contribution in [0.2, 0.25) is 5.02 Å². The smallest absolute Gasteiger partial charge is 0.0835 e. The molecule has 0 bridgehead atoms. The first kappa shape index (κ1) is 12.5. The Morgan fingerprint density at radius 2 is 2.27 bits per heavy atom. The van der Waals surface area contributed by atoms with Gasteiger partial charge < -0.3 is 10.5 Å². The van der Waals surface area contributed by atoms with Crippen molar-refractivity contribution in [3.63, 3.8) is 0 Å². The highest BCUT2D eigenvalue weighted by Crippen LogP contribution is 2.24. The quantitative estimate of drug-likeness (QED) is 0.845. The standard InChI is InChI=1S/C10H18ClN3O/c1-4-15-6-9(12)10-8(11)5-13-14(10)7(2)3/h5,7,9H,4,6,12H2,1-3H3. The fourth-order valence-electron chi connectivity index (χ4n) is 1.43. The van der Waals surface area contributed by atoms with Crippen molar-refractivity contribution in [3.05, 3.63) is 16.9 Å². The number of ether oxygens (including phenoxy) is 1. The average molecular weight is 232 g/mol. The van der Waals surface area contributed by atoms with Gasteiger partial charge in [-0.2, -0.15) is 5.10 Å². The van der Waals surface area contributed by atoms with Gasteiger partial charge in [-0.25, -0.2) is 0 Å². The minimum absolute atomic E-state index is 0.220. The van der Waals surface area contributed by atoms with Crippen molar-refractivity contribution >= 4 is 11.6 Å². The molecule has 1 aromatic rings. The molecule has 1 unspecified atom stereocenters. The van der Waals surface area contributed by atoms with E-state index in [1.54, 1.807) is 6.20 Å². The lowest BCUT2D eigenvalue weighted by atomic mass is 10.2. The van der Waals surface area contributed by atoms with E-state index >= 15 is 0 Å². The summed E-state index contributed by atoms with van der Waals surface area (Å²) in [7, 11) is 0. The summed E-state index contributed by atoms with van der Waals surface area (Å²) in [6.07, 6.45) is 1.63. The molecule has 0 spiro atoms. The number of rotatable bonds is 5. The molecular formula is C10H18ClN3O. The summed E-state index contributed by atoms with van der Waals surface area (Å²) in [5.41, 5.74) is 6.84. The third-order valence-electron chi connectivity index (χ3n) is 2.13. The van der Waals surface area contributed by atoms with E-state index in [1.807, 2.05) is 25.5 Å². The first-order chi connectivity index (χ1) is 7.07. The lowest BCUT2D eigenvalue weighted by Gasteiger charge is -2.17. The number of aromatic nitrogens is 2. The van der Waals surface area contributed by atoms with Crippen molar-refractivity contribution in [2.45, 2.75) is 32.9 Å². The normalized spacial score (nSPS) is 13.5. The lowest BCUT2D eigenvalue weighted by Crippen LogP contribution is -2.22. The van der Waals surface area contributed by atoms with Crippen molar-refractivity contribution in [1.29, 1.82) is 0 Å². The second-order valence-corrected chi connectivity index (χ2v) is 4.09. The second kappa shape index (κ2) is 5.49. The molecular weight excluding hydrogens is 214 g/mol. The molecule has 0 aromatic carbocycles. The Balaban J connectivity index is 2.85. The summed E-state index contributed by atoms with van der Waals surface area (Å²) in [4.78, 5) is 0. The van der Waals surface area contributed by atoms with Crippen LogP contribution >= 0.6 is 11.6 Å². The van der Waals surface area contributed by atoms with Crippen LogP contribution in [0.1, 0.15) is 38.5 Å². The van der Waals surface area contributed by atoms with E-state index in [2.05, 4.69) is 5.10 Å². The van der Waals surface area contributed by atoms with Gasteiger partial charge in [-0.3, -0.25) is 4.68 Å². The van der Waals surface area contributed by atoms with Crippen molar-refractivity contribution < 1.29 is 4.74 Å². The van der Waals surface area contributed by atoms with E-state index in [-0.39, 0.29) is 12.1 Å². The van der Waals surface area contributed by atoms with Crippen molar-refractivity contribution in [1.82, 2.24) is 9.78 Å². The molecule has 2 N–H and O–H groups in total. The summed E-state index contributed by atoms with van der Waals surface area (Å²) in [5.74, 6) is 0. The van der Waals surface area contributed by atoms with Gasteiger partial charge in [-0.1, -0.05) is 11.6 Å². The highest BCUT2D eigenvalue weighted by atomic mass is 35.5. The summed E-state index contributed by atoms with van der Waals surface area (Å²) in [6, 6.07) is 0.0301. The Hall–Kier alpha value is -0.580. The van der Waals surface area contributed by atoms with Crippen LogP contribution in [0.3, 0.4) is 0 Å². The second-order valence-electron chi connectivity index (χ2n) is 3.68. The van der Waals surface area contributed by atoms with Crippen LogP contribution in [-0.4, -0.2) is 23.0 Å². The topological polar surface area (TPSA) is 53.1 Å². The third-order valence-corrected chi connectivity index (χ3v) is 2.42. The van der Waals surface area contributed by atoms with E-state index in [0.717, 1.165) is 5.69 Å². The number of hydrogen-bond acceptors (Lipinski definition) is 3. The zero-order chi connectivity index (χ0) is 11.4. The maximum absolute atomic E-state index is 6.04. The molecule has 1 heterocycles. The fraction of sp³-hybridized carbons (Fsp3) is 0.700. The molecule has 1 atom stereocenters. The predicted molar refractivity (Wildman–Crippen MR) is 61.0 cm³/mol. The fourth-order valence-corrected chi connectivity index (χ4v) is 1.70. The molecule has 0 radical (unpaired) electrons. The highest BCUT2D eigenvalue weighted by molar-refractivity contribution is 6.31. The molecule has 0 amide bonds. The van der Waals surface area contributed by atoms with E-state index in [4.69, 9.17) is 22.1 Å². The van der Waals surface area contributed by atoms with Crippen molar-refractivity contribution in [3.8, 4) is 0 Å². The van der Waals surface area contributed by atoms with Gasteiger partial charge in [0.1, 0.15) is 0 Å². The maximum Gasteiger partial charge on any atom is 0.0835 e. The lowest BCUT2D eigenvalue weighted by molar-refractivity contribution is 0.131. The Labute approximate surface area is 95.3 Å². The molecule has 0 aliphatic rings. The zero-order valence-electron chi connectivity index (χ0n) is 9.40. The van der Waals surface area contributed by atoms with Crippen molar-refractivity contribution in [2.24, 2.45) is 5.73 Å². The van der Waals surface area contributed by atoms with E-state index in [1.165, 1.54) is 0 Å². The molecule has 4 nitrogen and oxygen atoms in total. The molecule has 1 rings (SSSR count). The Morgan fingerprint density at radius 3 is 2.80 bits per heavy atom. The monoisotopic (exact) mass is 231 g/mol. The van der Waals surface area contributed by atoms with Gasteiger partial charge in [0.2, 0.25) is 0 Å². The first-order valence-electron chi connectivity index (χ1n) is 5.14. The molecule has 0 fully saturated rings. The van der Waals surface area contributed by atoms with Gasteiger partial charge in [0, 0.05) is 12.6 Å². The van der Waals surface area contributed by atoms with Crippen LogP contribution in [0, 0.1) is 0 Å². The third kappa shape index (κ3) is 2.93. The van der Waals surface area contributed by atoms with Crippen LogP contribution in [0.25, 0.3) is 0 Å². The van der Waals surface area contributed by atoms with Gasteiger partial charge in [0.25, 0.3) is 0 Å². The molecule has 1 aromatic heterocycles. The van der Waals surface area contributed by atoms with Crippen LogP contribution in [-0.2, 0) is 4.74 Å². The van der Waals surface area contributed by atoms with Gasteiger partial charge >= 0.3 is 0 Å². The van der Waals surface area contributed by atoms with Gasteiger partial charge in [-0.15, -0.1) is 0 Å². The molecule has 15 heavy (non-hydrogen) atoms. The Morgan fingerprint density at radius 1 is 1.60 bits per heavy atom. The van der Waals surface area contributed by atoms with Crippen LogP contribution in [0.15, 0.2) is 6.20 Å². The van der Waals surface area contributed by atoms with Crippen LogP contribution < -0.4 is 5.73 Å². The predicted octanol–water partition coefficient (Wildman–Crippen LogP) is 2.15. The zero-order valence-corrected chi connectivity index (χ0v) is 10.2. The van der Waals surface area contributed by atoms with E-state index < -0.39 is 0 Å².